The Kier molecular flexibility index (Phi) is 6.03. The van der Waals surface area contributed by atoms with Gasteiger partial charge < -0.3 is 30.1 Å². The lowest BCUT2D eigenvalue weighted by Crippen LogP contribution is -2.38. The lowest BCUT2D eigenvalue weighted by molar-refractivity contribution is -0.165. The first-order valence-electron chi connectivity index (χ1n) is 7.62. The zero-order valence-electron chi connectivity index (χ0n) is 13.8. The lowest BCUT2D eigenvalue weighted by atomic mass is 10.1. The monoisotopic (exact) mass is 333 g/mol. The number of methoxy groups -OCH3 is 2. The molecule has 0 bridgehead atoms. The summed E-state index contributed by atoms with van der Waals surface area (Å²) >= 11 is 0. The van der Waals surface area contributed by atoms with E-state index in [-0.39, 0.29) is 12.3 Å². The van der Waals surface area contributed by atoms with Crippen molar-refractivity contribution in [1.29, 1.82) is 0 Å². The van der Waals surface area contributed by atoms with Gasteiger partial charge in [-0.3, -0.25) is 0 Å². The fourth-order valence-corrected chi connectivity index (χ4v) is 2.36. The molecule has 0 aliphatic heterocycles. The van der Waals surface area contributed by atoms with Gasteiger partial charge in [-0.05, 0) is 54.9 Å². The molecule has 0 aliphatic rings. The molecule has 0 aliphatic carbocycles. The second-order valence-corrected chi connectivity index (χ2v) is 5.48. The first-order chi connectivity index (χ1) is 11.5. The van der Waals surface area contributed by atoms with E-state index in [1.165, 1.54) is 24.3 Å². The van der Waals surface area contributed by atoms with Crippen LogP contribution in [0.5, 0.6) is 17.2 Å². The lowest BCUT2D eigenvalue weighted by Gasteiger charge is -2.22. The Hall–Kier alpha value is -2.28. The minimum atomic E-state index is -1.99. The third kappa shape index (κ3) is 4.61. The summed E-state index contributed by atoms with van der Waals surface area (Å²) in [6, 6.07) is 11.5. The van der Waals surface area contributed by atoms with Crippen molar-refractivity contribution in [2.75, 3.05) is 27.3 Å². The molecule has 130 valence electrons. The van der Waals surface area contributed by atoms with Crippen molar-refractivity contribution < 1.29 is 24.8 Å². The van der Waals surface area contributed by atoms with E-state index in [1.807, 2.05) is 18.2 Å². The van der Waals surface area contributed by atoms with Crippen LogP contribution in [0.2, 0.25) is 0 Å². The molecule has 6 nitrogen and oxygen atoms in total. The molecule has 0 atom stereocenters. The van der Waals surface area contributed by atoms with E-state index in [9.17, 15) is 15.3 Å². The summed E-state index contributed by atoms with van der Waals surface area (Å²) in [5, 5.41) is 32.5. The van der Waals surface area contributed by atoms with E-state index >= 15 is 0 Å². The van der Waals surface area contributed by atoms with Crippen molar-refractivity contribution >= 4 is 0 Å². The summed E-state index contributed by atoms with van der Waals surface area (Å²) < 4.78 is 10.5. The first-order valence-corrected chi connectivity index (χ1v) is 7.62. The highest BCUT2D eigenvalue weighted by molar-refractivity contribution is 5.42. The zero-order valence-corrected chi connectivity index (χ0v) is 13.8. The predicted octanol–water partition coefficient (Wildman–Crippen LogP) is 1.38. The number of hydrogen-bond acceptors (Lipinski definition) is 6. The third-order valence-corrected chi connectivity index (χ3v) is 3.74. The van der Waals surface area contributed by atoms with Crippen LogP contribution in [-0.4, -0.2) is 42.6 Å². The van der Waals surface area contributed by atoms with Crippen LogP contribution in [0, 0.1) is 0 Å². The van der Waals surface area contributed by atoms with Gasteiger partial charge >= 0.3 is 0 Å². The van der Waals surface area contributed by atoms with Gasteiger partial charge in [0.25, 0.3) is 0 Å². The Morgan fingerprint density at radius 3 is 2.25 bits per heavy atom. The molecule has 0 aromatic heterocycles. The number of phenols is 1. The molecule has 0 saturated heterocycles. The van der Waals surface area contributed by atoms with Gasteiger partial charge in [0.05, 0.1) is 20.8 Å². The summed E-state index contributed by atoms with van der Waals surface area (Å²) in [5.41, 5.74) is 1.37. The van der Waals surface area contributed by atoms with Crippen molar-refractivity contribution in [2.45, 2.75) is 12.2 Å². The number of ether oxygens (including phenoxy) is 2. The summed E-state index contributed by atoms with van der Waals surface area (Å²) in [4.78, 5) is 0. The fourth-order valence-electron chi connectivity index (χ4n) is 2.36. The molecular formula is C18H23NO5. The van der Waals surface area contributed by atoms with Crippen LogP contribution in [0.4, 0.5) is 0 Å². The molecule has 24 heavy (non-hydrogen) atoms. The predicted molar refractivity (Wildman–Crippen MR) is 90.3 cm³/mol. The second-order valence-electron chi connectivity index (χ2n) is 5.48. The largest absolute Gasteiger partial charge is 0.508 e. The van der Waals surface area contributed by atoms with Gasteiger partial charge in [0.15, 0.2) is 11.5 Å². The molecule has 2 aromatic carbocycles. The highest BCUT2D eigenvalue weighted by Crippen LogP contribution is 2.27. The molecule has 6 heteroatoms. The van der Waals surface area contributed by atoms with Crippen molar-refractivity contribution in [3.8, 4) is 17.2 Å². The van der Waals surface area contributed by atoms with Gasteiger partial charge in [0, 0.05) is 5.56 Å². The smallest absolute Gasteiger partial charge is 0.202 e. The van der Waals surface area contributed by atoms with Crippen molar-refractivity contribution in [2.24, 2.45) is 0 Å². The van der Waals surface area contributed by atoms with E-state index in [0.29, 0.717) is 30.0 Å². The van der Waals surface area contributed by atoms with Crippen LogP contribution in [0.1, 0.15) is 11.1 Å². The maximum Gasteiger partial charge on any atom is 0.202 e. The Morgan fingerprint density at radius 1 is 0.958 bits per heavy atom. The summed E-state index contributed by atoms with van der Waals surface area (Å²) in [7, 11) is 3.17. The summed E-state index contributed by atoms with van der Waals surface area (Å²) in [5.74, 6) is -0.578. The highest BCUT2D eigenvalue weighted by Gasteiger charge is 2.25. The van der Waals surface area contributed by atoms with E-state index in [1.54, 1.807) is 14.2 Å². The van der Waals surface area contributed by atoms with Crippen molar-refractivity contribution in [3.05, 3.63) is 53.6 Å². The second kappa shape index (κ2) is 8.01. The van der Waals surface area contributed by atoms with Crippen molar-refractivity contribution in [1.82, 2.24) is 5.32 Å². The number of rotatable bonds is 8. The molecule has 0 spiro atoms. The van der Waals surface area contributed by atoms with E-state index in [4.69, 9.17) is 9.47 Å². The van der Waals surface area contributed by atoms with E-state index in [2.05, 4.69) is 5.32 Å². The number of benzene rings is 2. The van der Waals surface area contributed by atoms with Gasteiger partial charge in [-0.25, -0.2) is 0 Å². The standard InChI is InChI=1S/C18H23NO5/c1-23-16-8-3-13(11-17(16)24-2)9-10-19-12-18(21,22)14-4-6-15(20)7-5-14/h3-8,11,19-22H,9-10,12H2,1-2H3. The number of phenolic OH excluding ortho intramolecular Hbond substituents is 1. The average Bonchev–Trinajstić information content (AvgIpc) is 2.59. The maximum atomic E-state index is 10.1. The van der Waals surface area contributed by atoms with Crippen molar-refractivity contribution in [3.63, 3.8) is 0 Å². The maximum absolute atomic E-state index is 10.1. The number of hydrogen-bond donors (Lipinski definition) is 4. The van der Waals surface area contributed by atoms with Gasteiger partial charge in [-0.15, -0.1) is 0 Å². The fraction of sp³-hybridized carbons (Fsp3) is 0.333. The molecule has 0 fully saturated rings. The molecule has 0 heterocycles. The number of aliphatic hydroxyl groups is 2. The Labute approximate surface area is 141 Å². The van der Waals surface area contributed by atoms with Crippen LogP contribution in [0.15, 0.2) is 42.5 Å². The van der Waals surface area contributed by atoms with Crippen LogP contribution < -0.4 is 14.8 Å². The van der Waals surface area contributed by atoms with Crippen LogP contribution in [-0.2, 0) is 12.2 Å². The molecule has 2 aromatic rings. The summed E-state index contributed by atoms with van der Waals surface area (Å²) in [6.45, 7) is 0.543. The van der Waals surface area contributed by atoms with Gasteiger partial charge in [-0.2, -0.15) is 0 Å². The van der Waals surface area contributed by atoms with Crippen LogP contribution in [0.25, 0.3) is 0 Å². The topological polar surface area (TPSA) is 91.2 Å². The highest BCUT2D eigenvalue weighted by atomic mass is 16.5. The molecule has 0 amide bonds. The molecule has 2 rings (SSSR count). The van der Waals surface area contributed by atoms with Gasteiger partial charge in [0.2, 0.25) is 5.79 Å². The molecule has 4 N–H and O–H groups in total. The van der Waals surface area contributed by atoms with E-state index < -0.39 is 5.79 Å². The zero-order chi connectivity index (χ0) is 17.6. The Balaban J connectivity index is 1.87. The van der Waals surface area contributed by atoms with Crippen LogP contribution >= 0.6 is 0 Å². The van der Waals surface area contributed by atoms with Gasteiger partial charge in [-0.1, -0.05) is 6.07 Å². The molecular weight excluding hydrogens is 310 g/mol. The quantitative estimate of drug-likeness (QED) is 0.431. The molecule has 0 saturated carbocycles. The number of aromatic hydroxyl groups is 1. The minimum Gasteiger partial charge on any atom is -0.508 e. The first kappa shape index (κ1) is 18.1. The Morgan fingerprint density at radius 2 is 1.62 bits per heavy atom. The SMILES string of the molecule is COc1ccc(CCNCC(O)(O)c2ccc(O)cc2)cc1OC. The Bertz CT molecular complexity index is 655. The third-order valence-electron chi connectivity index (χ3n) is 3.74. The minimum absolute atomic E-state index is 0.0228. The average molecular weight is 333 g/mol. The normalized spacial score (nSPS) is 11.3. The van der Waals surface area contributed by atoms with Gasteiger partial charge in [0.1, 0.15) is 5.75 Å². The molecule has 0 radical (unpaired) electrons. The van der Waals surface area contributed by atoms with E-state index in [0.717, 1.165) is 5.56 Å². The molecule has 0 unspecified atom stereocenters. The number of nitrogens with one attached hydrogen (secondary N) is 1. The van der Waals surface area contributed by atoms with Crippen LogP contribution in [0.3, 0.4) is 0 Å². The summed E-state index contributed by atoms with van der Waals surface area (Å²) in [6.07, 6.45) is 0.700.